The molecule has 0 N–H and O–H groups in total. The Morgan fingerprint density at radius 3 is 2.00 bits per heavy atom. The van der Waals surface area contributed by atoms with Gasteiger partial charge in [0.05, 0.1) is 0 Å². The highest BCUT2D eigenvalue weighted by molar-refractivity contribution is 5.59. The van der Waals surface area contributed by atoms with Gasteiger partial charge < -0.3 is 0 Å². The van der Waals surface area contributed by atoms with Crippen molar-refractivity contribution >= 4 is 5.83 Å². The third kappa shape index (κ3) is 2.95. The fraction of sp³-hybridized carbons (Fsp3) is 0.467. The average Bonchev–Trinajstić information content (AvgIpc) is 2.39. The Balaban J connectivity index is 2.11. The molecule has 0 spiro atoms. The van der Waals surface area contributed by atoms with Gasteiger partial charge in [0.2, 0.25) is 0 Å². The van der Waals surface area contributed by atoms with E-state index in [1.54, 1.807) is 12.1 Å². The van der Waals surface area contributed by atoms with Gasteiger partial charge in [-0.25, -0.2) is 4.39 Å². The molecule has 0 heterocycles. The van der Waals surface area contributed by atoms with Crippen molar-refractivity contribution < 1.29 is 13.2 Å². The number of rotatable bonds is 2. The van der Waals surface area contributed by atoms with Gasteiger partial charge in [0, 0.05) is 5.56 Å². The number of hydrogen-bond acceptors (Lipinski definition) is 0. The van der Waals surface area contributed by atoms with Gasteiger partial charge >= 0.3 is 6.08 Å². The number of benzene rings is 1. The summed E-state index contributed by atoms with van der Waals surface area (Å²) in [6.07, 6.45) is 2.43. The van der Waals surface area contributed by atoms with Crippen molar-refractivity contribution in [2.45, 2.75) is 38.5 Å². The van der Waals surface area contributed by atoms with E-state index in [-0.39, 0.29) is 5.56 Å². The predicted molar refractivity (Wildman–Crippen MR) is 67.1 cm³/mol. The Morgan fingerprint density at radius 2 is 1.50 bits per heavy atom. The van der Waals surface area contributed by atoms with Gasteiger partial charge in [0.1, 0.15) is 0 Å². The SMILES string of the molecule is CC1CCC(c2ccc(C(F)=C(F)F)cc2)CC1. The third-order valence-corrected chi connectivity index (χ3v) is 3.82. The van der Waals surface area contributed by atoms with Gasteiger partial charge in [-0.15, -0.1) is 0 Å². The maximum absolute atomic E-state index is 13.0. The molecule has 0 aliphatic heterocycles. The molecule has 1 aliphatic carbocycles. The van der Waals surface area contributed by atoms with Gasteiger partial charge in [-0.1, -0.05) is 44.0 Å². The van der Waals surface area contributed by atoms with Crippen LogP contribution in [0.3, 0.4) is 0 Å². The number of halogens is 3. The molecule has 3 heteroatoms. The Morgan fingerprint density at radius 1 is 0.944 bits per heavy atom. The summed E-state index contributed by atoms with van der Waals surface area (Å²) < 4.78 is 37.2. The topological polar surface area (TPSA) is 0 Å². The van der Waals surface area contributed by atoms with E-state index in [1.807, 2.05) is 0 Å². The number of hydrogen-bond donors (Lipinski definition) is 0. The summed E-state index contributed by atoms with van der Waals surface area (Å²) in [7, 11) is 0. The van der Waals surface area contributed by atoms with Crippen molar-refractivity contribution in [3.05, 3.63) is 41.5 Å². The van der Waals surface area contributed by atoms with Gasteiger partial charge in [-0.05, 0) is 30.2 Å². The highest BCUT2D eigenvalue weighted by atomic mass is 19.3. The molecule has 1 aliphatic rings. The van der Waals surface area contributed by atoms with Crippen molar-refractivity contribution in [3.63, 3.8) is 0 Å². The van der Waals surface area contributed by atoms with E-state index < -0.39 is 11.9 Å². The summed E-state index contributed by atoms with van der Waals surface area (Å²) in [5, 5.41) is 0. The molecule has 18 heavy (non-hydrogen) atoms. The zero-order valence-corrected chi connectivity index (χ0v) is 10.4. The van der Waals surface area contributed by atoms with E-state index in [1.165, 1.54) is 25.0 Å². The van der Waals surface area contributed by atoms with Crippen molar-refractivity contribution in [3.8, 4) is 0 Å². The molecule has 1 fully saturated rings. The van der Waals surface area contributed by atoms with Crippen molar-refractivity contribution in [1.82, 2.24) is 0 Å². The summed E-state index contributed by atoms with van der Waals surface area (Å²) in [4.78, 5) is 0. The van der Waals surface area contributed by atoms with E-state index >= 15 is 0 Å². The molecule has 0 unspecified atom stereocenters. The zero-order chi connectivity index (χ0) is 13.1. The molecule has 1 aromatic carbocycles. The van der Waals surface area contributed by atoms with Crippen LogP contribution < -0.4 is 0 Å². The first-order chi connectivity index (χ1) is 8.58. The molecule has 0 atom stereocenters. The molecule has 1 aromatic rings. The summed E-state index contributed by atoms with van der Waals surface area (Å²) in [5.74, 6) is -0.141. The third-order valence-electron chi connectivity index (χ3n) is 3.82. The lowest BCUT2D eigenvalue weighted by molar-refractivity contribution is 0.348. The van der Waals surface area contributed by atoms with E-state index in [2.05, 4.69) is 6.92 Å². The highest BCUT2D eigenvalue weighted by Crippen LogP contribution is 2.36. The largest absolute Gasteiger partial charge is 0.306 e. The molecule has 0 nitrogen and oxygen atoms in total. The van der Waals surface area contributed by atoms with Gasteiger partial charge in [0.15, 0.2) is 5.83 Å². The monoisotopic (exact) mass is 254 g/mol. The van der Waals surface area contributed by atoms with Crippen LogP contribution in [0.2, 0.25) is 0 Å². The second-order valence-electron chi connectivity index (χ2n) is 5.15. The molecule has 0 bridgehead atoms. The lowest BCUT2D eigenvalue weighted by atomic mass is 9.79. The molecule has 98 valence electrons. The fourth-order valence-corrected chi connectivity index (χ4v) is 2.60. The fourth-order valence-electron chi connectivity index (χ4n) is 2.60. The molecule has 0 radical (unpaired) electrons. The molecular formula is C15H17F3. The average molecular weight is 254 g/mol. The van der Waals surface area contributed by atoms with Gasteiger partial charge in [0.25, 0.3) is 0 Å². The van der Waals surface area contributed by atoms with Crippen molar-refractivity contribution in [1.29, 1.82) is 0 Å². The smallest absolute Gasteiger partial charge is 0.200 e. The minimum atomic E-state index is -2.26. The van der Waals surface area contributed by atoms with E-state index in [4.69, 9.17) is 0 Å². The van der Waals surface area contributed by atoms with Crippen LogP contribution in [0, 0.1) is 5.92 Å². The second kappa shape index (κ2) is 5.59. The minimum Gasteiger partial charge on any atom is -0.200 e. The molecule has 0 aromatic heterocycles. The maximum atomic E-state index is 13.0. The van der Waals surface area contributed by atoms with Crippen molar-refractivity contribution in [2.24, 2.45) is 5.92 Å². The van der Waals surface area contributed by atoms with Crippen LogP contribution >= 0.6 is 0 Å². The molecule has 1 saturated carbocycles. The quantitative estimate of drug-likeness (QED) is 0.652. The zero-order valence-electron chi connectivity index (χ0n) is 10.4. The Kier molecular flexibility index (Phi) is 4.10. The van der Waals surface area contributed by atoms with E-state index in [9.17, 15) is 13.2 Å². The lowest BCUT2D eigenvalue weighted by Gasteiger charge is -2.26. The lowest BCUT2D eigenvalue weighted by Crippen LogP contribution is -2.10. The van der Waals surface area contributed by atoms with Crippen molar-refractivity contribution in [2.75, 3.05) is 0 Å². The van der Waals surface area contributed by atoms with Gasteiger partial charge in [-0.2, -0.15) is 8.78 Å². The summed E-state index contributed by atoms with van der Waals surface area (Å²) >= 11 is 0. The van der Waals surface area contributed by atoms with Crippen LogP contribution in [-0.4, -0.2) is 0 Å². The molecule has 0 amide bonds. The first-order valence-corrected chi connectivity index (χ1v) is 6.39. The summed E-state index contributed by atoms with van der Waals surface area (Å²) in [6.45, 7) is 2.25. The molecular weight excluding hydrogens is 237 g/mol. The van der Waals surface area contributed by atoms with Crippen LogP contribution in [0.25, 0.3) is 5.83 Å². The maximum Gasteiger partial charge on any atom is 0.306 e. The van der Waals surface area contributed by atoms with E-state index in [0.29, 0.717) is 5.92 Å². The van der Waals surface area contributed by atoms with Crippen LogP contribution in [0.5, 0.6) is 0 Å². The molecule has 2 rings (SSSR count). The van der Waals surface area contributed by atoms with E-state index in [0.717, 1.165) is 24.3 Å². The van der Waals surface area contributed by atoms with Crippen LogP contribution in [-0.2, 0) is 0 Å². The van der Waals surface area contributed by atoms with Crippen LogP contribution in [0.1, 0.15) is 49.7 Å². The van der Waals surface area contributed by atoms with Crippen LogP contribution in [0.4, 0.5) is 13.2 Å². The predicted octanol–water partition coefficient (Wildman–Crippen LogP) is 5.51. The second-order valence-corrected chi connectivity index (χ2v) is 5.15. The first kappa shape index (κ1) is 13.2. The highest BCUT2D eigenvalue weighted by Gasteiger charge is 2.19. The molecule has 0 saturated heterocycles. The Bertz CT molecular complexity index is 422. The first-order valence-electron chi connectivity index (χ1n) is 6.39. The Labute approximate surface area is 106 Å². The minimum absolute atomic E-state index is 0.0390. The standard InChI is InChI=1S/C15H17F3/c1-10-2-4-11(5-3-10)12-6-8-13(9-7-12)14(16)15(17)18/h6-11H,2-5H2,1H3. The Hall–Kier alpha value is -1.25. The van der Waals surface area contributed by atoms with Gasteiger partial charge in [-0.3, -0.25) is 0 Å². The summed E-state index contributed by atoms with van der Waals surface area (Å²) in [5.41, 5.74) is 1.10. The van der Waals surface area contributed by atoms with Crippen LogP contribution in [0.15, 0.2) is 30.3 Å². The normalized spacial score (nSPS) is 23.8. The summed E-state index contributed by atoms with van der Waals surface area (Å²) in [6, 6.07) is 6.45.